The quantitative estimate of drug-likeness (QED) is 0.605. The lowest BCUT2D eigenvalue weighted by atomic mass is 9.83. The maximum absolute atomic E-state index is 9.31. The molecule has 4 nitrogen and oxygen atoms in total. The summed E-state index contributed by atoms with van der Waals surface area (Å²) in [5.74, 6) is 0. The average Bonchev–Trinajstić information content (AvgIpc) is 2.69. The zero-order chi connectivity index (χ0) is 13.8. The zero-order valence-corrected chi connectivity index (χ0v) is 12.5. The van der Waals surface area contributed by atoms with Gasteiger partial charge in [-0.3, -0.25) is 0 Å². The number of hydrogen-bond donors (Lipinski definition) is 0. The Morgan fingerprint density at radius 3 is 2.67 bits per heavy atom. The molecule has 0 N–H and O–H groups in total. The molecule has 18 heavy (non-hydrogen) atoms. The van der Waals surface area contributed by atoms with E-state index in [-0.39, 0.29) is 5.41 Å². The average molecular weight is 264 g/mol. The van der Waals surface area contributed by atoms with Gasteiger partial charge in [-0.05, 0) is 18.0 Å². The molecule has 1 aromatic rings. The number of rotatable bonds is 5. The van der Waals surface area contributed by atoms with Gasteiger partial charge in [0.25, 0.3) is 0 Å². The third-order valence-electron chi connectivity index (χ3n) is 2.71. The van der Waals surface area contributed by atoms with Crippen molar-refractivity contribution in [3.63, 3.8) is 0 Å². The van der Waals surface area contributed by atoms with E-state index in [2.05, 4.69) is 36.2 Å². The number of nitriles is 1. The molecule has 0 radical (unpaired) electrons. The molecule has 98 valence electrons. The molecular weight excluding hydrogens is 244 g/mol. The Balaban J connectivity index is 3.14. The van der Waals surface area contributed by atoms with Crippen LogP contribution in [0, 0.1) is 11.3 Å². The van der Waals surface area contributed by atoms with E-state index in [4.69, 9.17) is 0 Å². The molecule has 0 saturated heterocycles. The Kier molecular flexibility index (Phi) is 4.85. The molecule has 0 unspecified atom stereocenters. The lowest BCUT2D eigenvalue weighted by Gasteiger charge is -2.21. The second-order valence-electron chi connectivity index (χ2n) is 5.17. The van der Waals surface area contributed by atoms with Gasteiger partial charge in [0.2, 0.25) is 0 Å². The minimum atomic E-state index is -0.0673. The maximum Gasteiger partial charge on any atom is 0.155 e. The van der Waals surface area contributed by atoms with Crippen LogP contribution < -0.4 is 0 Å². The highest BCUT2D eigenvalue weighted by atomic mass is 32.1. The monoisotopic (exact) mass is 264 g/mol. The molecule has 0 fully saturated rings. The van der Waals surface area contributed by atoms with Gasteiger partial charge in [0.15, 0.2) is 5.00 Å². The van der Waals surface area contributed by atoms with Gasteiger partial charge in [-0.25, -0.2) is 4.99 Å². The predicted molar refractivity (Wildman–Crippen MR) is 76.6 cm³/mol. The topological polar surface area (TPSA) is 52.3 Å². The highest BCUT2D eigenvalue weighted by Gasteiger charge is 2.28. The fraction of sp³-hybridized carbons (Fsp3) is 0.615. The van der Waals surface area contributed by atoms with Crippen molar-refractivity contribution < 1.29 is 0 Å². The van der Waals surface area contributed by atoms with Crippen molar-refractivity contribution in [1.82, 2.24) is 9.27 Å². The number of aliphatic imine (C=N–C) groups is 1. The van der Waals surface area contributed by atoms with Crippen molar-refractivity contribution in [1.29, 1.82) is 5.26 Å². The molecule has 0 aliphatic rings. The SMILES string of the molecule is CCCC(C)(C)c1nsc(/N=C/N(C)C)c1C#N. The Morgan fingerprint density at radius 1 is 1.50 bits per heavy atom. The normalized spacial score (nSPS) is 11.8. The lowest BCUT2D eigenvalue weighted by molar-refractivity contribution is 0.462. The van der Waals surface area contributed by atoms with Crippen LogP contribution in [-0.4, -0.2) is 29.7 Å². The molecule has 1 heterocycles. The van der Waals surface area contributed by atoms with E-state index >= 15 is 0 Å². The highest BCUT2D eigenvalue weighted by molar-refractivity contribution is 7.10. The summed E-state index contributed by atoms with van der Waals surface area (Å²) in [6.45, 7) is 6.41. The van der Waals surface area contributed by atoms with Crippen LogP contribution in [0.15, 0.2) is 4.99 Å². The molecule has 0 saturated carbocycles. The van der Waals surface area contributed by atoms with Crippen molar-refractivity contribution in [3.05, 3.63) is 11.3 Å². The Hall–Kier alpha value is -1.41. The van der Waals surface area contributed by atoms with Crippen molar-refractivity contribution in [3.8, 4) is 6.07 Å². The van der Waals surface area contributed by atoms with Crippen LogP contribution in [0.4, 0.5) is 5.00 Å². The molecule has 5 heteroatoms. The van der Waals surface area contributed by atoms with Crippen LogP contribution in [0.5, 0.6) is 0 Å². The first-order valence-corrected chi connectivity index (χ1v) is 6.80. The molecule has 0 aliphatic heterocycles. The second-order valence-corrected chi connectivity index (χ2v) is 5.92. The van der Waals surface area contributed by atoms with E-state index in [1.165, 1.54) is 11.5 Å². The van der Waals surface area contributed by atoms with E-state index in [9.17, 15) is 5.26 Å². The third-order valence-corrected chi connectivity index (χ3v) is 3.46. The molecule has 0 aliphatic carbocycles. The largest absolute Gasteiger partial charge is 0.369 e. The zero-order valence-electron chi connectivity index (χ0n) is 11.7. The van der Waals surface area contributed by atoms with E-state index in [0.29, 0.717) is 10.6 Å². The number of nitrogens with zero attached hydrogens (tertiary/aromatic N) is 4. The molecule has 0 bridgehead atoms. The smallest absolute Gasteiger partial charge is 0.155 e. The molecular formula is C13H20N4S. The van der Waals surface area contributed by atoms with E-state index in [1.807, 2.05) is 19.0 Å². The van der Waals surface area contributed by atoms with Crippen molar-refractivity contribution in [2.45, 2.75) is 39.0 Å². The van der Waals surface area contributed by atoms with Crippen LogP contribution in [0.1, 0.15) is 44.9 Å². The predicted octanol–water partition coefficient (Wildman–Crippen LogP) is 3.31. The summed E-state index contributed by atoms with van der Waals surface area (Å²) in [5, 5.41) is 10.0. The van der Waals surface area contributed by atoms with Gasteiger partial charge in [-0.2, -0.15) is 9.64 Å². The summed E-state index contributed by atoms with van der Waals surface area (Å²) in [7, 11) is 3.80. The number of aromatic nitrogens is 1. The third kappa shape index (κ3) is 3.30. The minimum absolute atomic E-state index is 0.0673. The van der Waals surface area contributed by atoms with Gasteiger partial charge < -0.3 is 4.90 Å². The van der Waals surface area contributed by atoms with Crippen molar-refractivity contribution >= 4 is 22.9 Å². The molecule has 0 atom stereocenters. The molecule has 1 aromatic heterocycles. The fourth-order valence-corrected chi connectivity index (χ4v) is 2.69. The Morgan fingerprint density at radius 2 is 2.17 bits per heavy atom. The first-order valence-electron chi connectivity index (χ1n) is 6.03. The summed E-state index contributed by atoms with van der Waals surface area (Å²) in [4.78, 5) is 6.15. The first-order chi connectivity index (χ1) is 8.42. The number of hydrogen-bond acceptors (Lipinski definition) is 4. The van der Waals surface area contributed by atoms with E-state index in [1.54, 1.807) is 6.34 Å². The van der Waals surface area contributed by atoms with Crippen molar-refractivity contribution in [2.24, 2.45) is 4.99 Å². The van der Waals surface area contributed by atoms with E-state index < -0.39 is 0 Å². The first kappa shape index (κ1) is 14.7. The van der Waals surface area contributed by atoms with Crippen LogP contribution in [0.3, 0.4) is 0 Å². The molecule has 0 amide bonds. The fourth-order valence-electron chi connectivity index (χ4n) is 1.84. The Bertz CT molecular complexity index is 466. The van der Waals surface area contributed by atoms with E-state index in [0.717, 1.165) is 18.5 Å². The van der Waals surface area contributed by atoms with Gasteiger partial charge in [0, 0.05) is 19.5 Å². The highest BCUT2D eigenvalue weighted by Crippen LogP contribution is 2.36. The minimum Gasteiger partial charge on any atom is -0.369 e. The summed E-state index contributed by atoms with van der Waals surface area (Å²) in [6, 6.07) is 2.25. The van der Waals surface area contributed by atoms with Gasteiger partial charge in [-0.15, -0.1) is 0 Å². The summed E-state index contributed by atoms with van der Waals surface area (Å²) in [6.07, 6.45) is 3.79. The van der Waals surface area contributed by atoms with Crippen LogP contribution in [0.25, 0.3) is 0 Å². The molecule has 0 aromatic carbocycles. The molecule has 1 rings (SSSR count). The van der Waals surface area contributed by atoms with Crippen LogP contribution in [0.2, 0.25) is 0 Å². The maximum atomic E-state index is 9.31. The standard InChI is InChI=1S/C13H20N4S/c1-6-7-13(2,3)11-10(8-14)12(18-16-11)15-9-17(4)5/h9H,6-7H2,1-5H3/b15-9+. The molecule has 0 spiro atoms. The van der Waals surface area contributed by atoms with Crippen molar-refractivity contribution in [2.75, 3.05) is 14.1 Å². The summed E-state index contributed by atoms with van der Waals surface area (Å²) in [5.41, 5.74) is 1.43. The van der Waals surface area contributed by atoms with Gasteiger partial charge in [0.05, 0.1) is 12.0 Å². The van der Waals surface area contributed by atoms with Gasteiger partial charge >= 0.3 is 0 Å². The summed E-state index contributed by atoms with van der Waals surface area (Å²) >= 11 is 1.30. The van der Waals surface area contributed by atoms with Crippen LogP contribution in [-0.2, 0) is 5.41 Å². The lowest BCUT2D eigenvalue weighted by Crippen LogP contribution is -2.18. The van der Waals surface area contributed by atoms with Gasteiger partial charge in [-0.1, -0.05) is 27.2 Å². The second kappa shape index (κ2) is 5.96. The summed E-state index contributed by atoms with van der Waals surface area (Å²) < 4.78 is 4.44. The Labute approximate surface area is 113 Å². The van der Waals surface area contributed by atoms with Crippen LogP contribution >= 0.6 is 11.5 Å². The van der Waals surface area contributed by atoms with Gasteiger partial charge in [0.1, 0.15) is 11.6 Å².